The molecule has 0 fully saturated rings. The van der Waals surface area contributed by atoms with Gasteiger partial charge in [0.2, 0.25) is 0 Å². The van der Waals surface area contributed by atoms with Gasteiger partial charge in [0, 0.05) is 39.9 Å². The van der Waals surface area contributed by atoms with E-state index in [1.165, 1.54) is 21.5 Å². The van der Waals surface area contributed by atoms with Gasteiger partial charge in [0.1, 0.15) is 5.65 Å². The van der Waals surface area contributed by atoms with Crippen molar-refractivity contribution >= 4 is 49.0 Å². The lowest BCUT2D eigenvalue weighted by Gasteiger charge is -2.09. The molecule has 4 heteroatoms. The van der Waals surface area contributed by atoms with E-state index in [4.69, 9.17) is 9.97 Å². The maximum absolute atomic E-state index is 5.10. The number of hydrogen-bond donors (Lipinski definition) is 0. The third-order valence-corrected chi connectivity index (χ3v) is 8.36. The molecule has 9 aromatic rings. The summed E-state index contributed by atoms with van der Waals surface area (Å²) >= 11 is 0. The number of pyridine rings is 3. The van der Waals surface area contributed by atoms with Gasteiger partial charge < -0.3 is 0 Å². The number of hydrogen-bond acceptors (Lipinski definition) is 3. The summed E-state index contributed by atoms with van der Waals surface area (Å²) in [4.78, 5) is 14.6. The number of benzene rings is 5. The molecular formula is C39H24N4. The maximum Gasteiger partial charge on any atom is 0.137 e. The Hall–Kier alpha value is -5.87. The minimum atomic E-state index is 0.932. The van der Waals surface area contributed by atoms with Crippen molar-refractivity contribution in [3.05, 3.63) is 146 Å². The van der Waals surface area contributed by atoms with Crippen molar-refractivity contribution < 1.29 is 0 Å². The summed E-state index contributed by atoms with van der Waals surface area (Å²) in [6.45, 7) is 0. The normalized spacial score (nSPS) is 11.7. The number of fused-ring (bicyclic) bond motifs is 5. The summed E-state index contributed by atoms with van der Waals surface area (Å²) in [6.07, 6.45) is 3.93. The Morgan fingerprint density at radius 1 is 0.442 bits per heavy atom. The highest BCUT2D eigenvalue weighted by molar-refractivity contribution is 6.07. The summed E-state index contributed by atoms with van der Waals surface area (Å²) < 4.78 is 2.16. The molecule has 0 aliphatic carbocycles. The Kier molecular flexibility index (Phi) is 5.16. The second-order valence-electron chi connectivity index (χ2n) is 11.0. The largest absolute Gasteiger partial charge is 0.299 e. The first-order valence-corrected chi connectivity index (χ1v) is 14.4. The Morgan fingerprint density at radius 2 is 1.12 bits per heavy atom. The van der Waals surface area contributed by atoms with Gasteiger partial charge in [0.05, 0.1) is 28.1 Å². The minimum absolute atomic E-state index is 0.932. The first kappa shape index (κ1) is 23.8. The van der Waals surface area contributed by atoms with Crippen LogP contribution in [0.2, 0.25) is 0 Å². The van der Waals surface area contributed by atoms with Crippen LogP contribution >= 0.6 is 0 Å². The van der Waals surface area contributed by atoms with Crippen LogP contribution < -0.4 is 0 Å². The molecule has 43 heavy (non-hydrogen) atoms. The number of aromatic nitrogens is 4. The van der Waals surface area contributed by atoms with Gasteiger partial charge in [0.15, 0.2) is 0 Å². The smallest absolute Gasteiger partial charge is 0.137 e. The first-order valence-electron chi connectivity index (χ1n) is 14.4. The number of nitrogens with zero attached hydrogens (tertiary/aromatic N) is 4. The summed E-state index contributed by atoms with van der Waals surface area (Å²) in [7, 11) is 0. The highest BCUT2D eigenvalue weighted by atomic mass is 15.0. The van der Waals surface area contributed by atoms with E-state index in [1.54, 1.807) is 0 Å². The van der Waals surface area contributed by atoms with Crippen molar-refractivity contribution in [2.24, 2.45) is 0 Å². The topological polar surface area (TPSA) is 43.1 Å². The van der Waals surface area contributed by atoms with Crippen LogP contribution in [0.4, 0.5) is 0 Å². The van der Waals surface area contributed by atoms with Gasteiger partial charge in [-0.25, -0.2) is 9.97 Å². The predicted molar refractivity (Wildman–Crippen MR) is 177 cm³/mol. The van der Waals surface area contributed by atoms with E-state index in [0.717, 1.165) is 61.2 Å². The molecule has 0 bridgehead atoms. The Labute approximate surface area is 247 Å². The van der Waals surface area contributed by atoms with E-state index < -0.39 is 0 Å². The van der Waals surface area contributed by atoms with Crippen LogP contribution in [0.3, 0.4) is 0 Å². The van der Waals surface area contributed by atoms with Crippen LogP contribution in [0, 0.1) is 0 Å². The molecule has 0 spiro atoms. The van der Waals surface area contributed by atoms with Crippen LogP contribution in [-0.2, 0) is 0 Å². The molecule has 4 nitrogen and oxygen atoms in total. The third kappa shape index (κ3) is 3.96. The van der Waals surface area contributed by atoms with Gasteiger partial charge in [-0.3, -0.25) is 9.38 Å². The van der Waals surface area contributed by atoms with Crippen LogP contribution in [0.1, 0.15) is 0 Å². The molecule has 0 aliphatic rings. The van der Waals surface area contributed by atoms with Crippen molar-refractivity contribution in [1.82, 2.24) is 19.4 Å². The predicted octanol–water partition coefficient (Wildman–Crippen LogP) is 9.74. The molecule has 9 rings (SSSR count). The van der Waals surface area contributed by atoms with Crippen LogP contribution in [-0.4, -0.2) is 19.4 Å². The number of imidazole rings is 1. The fourth-order valence-corrected chi connectivity index (χ4v) is 6.22. The Morgan fingerprint density at radius 3 is 1.93 bits per heavy atom. The van der Waals surface area contributed by atoms with Crippen LogP contribution in [0.15, 0.2) is 146 Å². The lowest BCUT2D eigenvalue weighted by atomic mass is 9.99. The second kappa shape index (κ2) is 9.33. The van der Waals surface area contributed by atoms with E-state index >= 15 is 0 Å². The summed E-state index contributed by atoms with van der Waals surface area (Å²) in [5, 5.41) is 7.07. The first-order chi connectivity index (χ1) is 21.3. The van der Waals surface area contributed by atoms with Crippen LogP contribution in [0.25, 0.3) is 82.8 Å². The highest BCUT2D eigenvalue weighted by Gasteiger charge is 2.16. The summed E-state index contributed by atoms with van der Waals surface area (Å²) in [5.41, 5.74) is 9.25. The van der Waals surface area contributed by atoms with E-state index in [-0.39, 0.29) is 0 Å². The summed E-state index contributed by atoms with van der Waals surface area (Å²) in [5.74, 6) is 0. The van der Waals surface area contributed by atoms with Gasteiger partial charge in [-0.15, -0.1) is 0 Å². The fourth-order valence-electron chi connectivity index (χ4n) is 6.22. The van der Waals surface area contributed by atoms with E-state index in [9.17, 15) is 0 Å². The molecule has 200 valence electrons. The quantitative estimate of drug-likeness (QED) is 0.206. The average molecular weight is 549 g/mol. The molecule has 5 aromatic carbocycles. The zero-order chi connectivity index (χ0) is 28.3. The molecule has 0 unspecified atom stereocenters. The van der Waals surface area contributed by atoms with Crippen molar-refractivity contribution in [3.63, 3.8) is 0 Å². The van der Waals surface area contributed by atoms with Crippen molar-refractivity contribution in [2.75, 3.05) is 0 Å². The van der Waals surface area contributed by atoms with Gasteiger partial charge in [-0.05, 0) is 82.2 Å². The monoisotopic (exact) mass is 548 g/mol. The molecule has 0 saturated heterocycles. The molecule has 0 atom stereocenters. The minimum Gasteiger partial charge on any atom is -0.299 e. The summed E-state index contributed by atoms with van der Waals surface area (Å²) in [6, 6.07) is 46.9. The SMILES string of the molecule is c1ccc(-c2c(-c3ccc(-c4ccc5cc6cc7cc8ncccc8cc7cc6cc5n4)cc3)nc3ccccn23)cc1. The van der Waals surface area contributed by atoms with Gasteiger partial charge in [-0.1, -0.05) is 72.8 Å². The molecule has 0 aliphatic heterocycles. The van der Waals surface area contributed by atoms with Gasteiger partial charge >= 0.3 is 0 Å². The fraction of sp³-hybridized carbons (Fsp3) is 0. The average Bonchev–Trinajstić information content (AvgIpc) is 3.45. The van der Waals surface area contributed by atoms with Crippen molar-refractivity contribution in [1.29, 1.82) is 0 Å². The van der Waals surface area contributed by atoms with Crippen molar-refractivity contribution in [2.45, 2.75) is 0 Å². The van der Waals surface area contributed by atoms with Gasteiger partial charge in [0.25, 0.3) is 0 Å². The molecule has 0 radical (unpaired) electrons. The van der Waals surface area contributed by atoms with E-state index in [0.29, 0.717) is 0 Å². The lowest BCUT2D eigenvalue weighted by molar-refractivity contribution is 1.19. The maximum atomic E-state index is 5.10. The molecule has 4 heterocycles. The molecule has 0 N–H and O–H groups in total. The van der Waals surface area contributed by atoms with Gasteiger partial charge in [-0.2, -0.15) is 0 Å². The molecule has 0 amide bonds. The molecule has 0 saturated carbocycles. The second-order valence-corrected chi connectivity index (χ2v) is 11.0. The van der Waals surface area contributed by atoms with Crippen LogP contribution in [0.5, 0.6) is 0 Å². The zero-order valence-corrected chi connectivity index (χ0v) is 23.1. The molecular weight excluding hydrogens is 524 g/mol. The van der Waals surface area contributed by atoms with E-state index in [2.05, 4.69) is 125 Å². The standard InChI is InChI=1S/C39H24N4/c1-2-7-27(8-3-1)39-38(42-37-10-4-5-18-43(37)39)26-13-11-25(12-14-26)34-16-15-29-20-31-21-32-23-35-28(9-6-17-40-35)19-30(32)22-33(31)24-36(29)41-34/h1-24H. The Bertz CT molecular complexity index is 2490. The Balaban J connectivity index is 1.12. The van der Waals surface area contributed by atoms with Crippen molar-refractivity contribution in [3.8, 4) is 33.8 Å². The zero-order valence-electron chi connectivity index (χ0n) is 23.1. The molecule has 4 aromatic heterocycles. The highest BCUT2D eigenvalue weighted by Crippen LogP contribution is 2.34. The number of rotatable bonds is 3. The van der Waals surface area contributed by atoms with E-state index in [1.807, 2.05) is 30.5 Å². The third-order valence-electron chi connectivity index (χ3n) is 8.36. The lowest BCUT2D eigenvalue weighted by Crippen LogP contribution is -1.90.